The first-order chi connectivity index (χ1) is 11.7. The van der Waals surface area contributed by atoms with E-state index in [2.05, 4.69) is 4.98 Å². The molecule has 2 aromatic heterocycles. The summed E-state index contributed by atoms with van der Waals surface area (Å²) >= 11 is 0. The van der Waals surface area contributed by atoms with Crippen molar-refractivity contribution in [3.05, 3.63) is 54.2 Å². The van der Waals surface area contributed by atoms with Crippen molar-refractivity contribution in [2.45, 2.75) is 38.8 Å². The molecule has 0 saturated carbocycles. The van der Waals surface area contributed by atoms with E-state index in [1.807, 2.05) is 12.1 Å². The van der Waals surface area contributed by atoms with Gasteiger partial charge in [0.1, 0.15) is 5.76 Å². The van der Waals surface area contributed by atoms with Gasteiger partial charge in [0.25, 0.3) is 10.2 Å². The second kappa shape index (κ2) is 7.92. The zero-order valence-electron chi connectivity index (χ0n) is 13.7. The molecular weight excluding hydrogens is 326 g/mol. The third kappa shape index (κ3) is 4.23. The normalized spacial score (nSPS) is 17.0. The molecule has 0 aromatic carbocycles. The van der Waals surface area contributed by atoms with Crippen LogP contribution in [0.3, 0.4) is 0 Å². The first-order valence-corrected chi connectivity index (χ1v) is 9.72. The number of rotatable bonds is 6. The number of furan rings is 1. The Balaban J connectivity index is 1.84. The maximum Gasteiger partial charge on any atom is 0.282 e. The lowest BCUT2D eigenvalue weighted by Crippen LogP contribution is -2.43. The van der Waals surface area contributed by atoms with Gasteiger partial charge in [-0.25, -0.2) is 0 Å². The number of aromatic nitrogens is 1. The Morgan fingerprint density at radius 1 is 1.08 bits per heavy atom. The van der Waals surface area contributed by atoms with Crippen LogP contribution in [0.2, 0.25) is 0 Å². The molecule has 0 bridgehead atoms. The van der Waals surface area contributed by atoms with E-state index in [0.29, 0.717) is 18.8 Å². The van der Waals surface area contributed by atoms with Crippen LogP contribution in [0.15, 0.2) is 47.3 Å². The van der Waals surface area contributed by atoms with E-state index in [9.17, 15) is 8.42 Å². The van der Waals surface area contributed by atoms with Gasteiger partial charge in [0.05, 0.1) is 12.8 Å². The molecule has 0 amide bonds. The molecule has 7 heteroatoms. The molecule has 130 valence electrons. The van der Waals surface area contributed by atoms with E-state index in [-0.39, 0.29) is 13.1 Å². The van der Waals surface area contributed by atoms with E-state index in [1.165, 1.54) is 4.31 Å². The summed E-state index contributed by atoms with van der Waals surface area (Å²) in [4.78, 5) is 4.09. The van der Waals surface area contributed by atoms with Gasteiger partial charge >= 0.3 is 0 Å². The molecular formula is C17H23N3O3S. The monoisotopic (exact) mass is 349 g/mol. The highest BCUT2D eigenvalue weighted by molar-refractivity contribution is 7.86. The molecule has 24 heavy (non-hydrogen) atoms. The van der Waals surface area contributed by atoms with Crippen LogP contribution >= 0.6 is 0 Å². The maximum absolute atomic E-state index is 13.2. The fourth-order valence-electron chi connectivity index (χ4n) is 2.93. The van der Waals surface area contributed by atoms with Crippen LogP contribution in [0.5, 0.6) is 0 Å². The molecule has 3 rings (SSSR count). The average molecular weight is 349 g/mol. The molecule has 0 unspecified atom stereocenters. The lowest BCUT2D eigenvalue weighted by molar-refractivity contribution is 0.312. The molecule has 0 aliphatic carbocycles. The lowest BCUT2D eigenvalue weighted by Gasteiger charge is -2.28. The van der Waals surface area contributed by atoms with Gasteiger partial charge in [-0.05, 0) is 36.6 Å². The minimum absolute atomic E-state index is 0.223. The second-order valence-corrected chi connectivity index (χ2v) is 7.96. The molecule has 2 aromatic rings. The average Bonchev–Trinajstić information content (AvgIpc) is 2.94. The smallest absolute Gasteiger partial charge is 0.282 e. The van der Waals surface area contributed by atoms with Crippen molar-refractivity contribution in [3.8, 4) is 0 Å². The van der Waals surface area contributed by atoms with Crippen LogP contribution in [0.25, 0.3) is 0 Å². The zero-order valence-corrected chi connectivity index (χ0v) is 14.5. The summed E-state index contributed by atoms with van der Waals surface area (Å²) in [5.41, 5.74) is 0.863. The standard InChI is InChI=1S/C17H23N3O3S/c21-24(22,19-10-3-1-2-4-11-19)20(15-17-8-6-12-23-17)14-16-7-5-9-18-13-16/h5-9,12-13H,1-4,10-11,14-15H2. The fourth-order valence-corrected chi connectivity index (χ4v) is 4.58. The second-order valence-electron chi connectivity index (χ2n) is 6.03. The van der Waals surface area contributed by atoms with Crippen molar-refractivity contribution in [2.24, 2.45) is 0 Å². The van der Waals surface area contributed by atoms with Crippen molar-refractivity contribution < 1.29 is 12.8 Å². The van der Waals surface area contributed by atoms with E-state index in [0.717, 1.165) is 31.2 Å². The first kappa shape index (κ1) is 17.1. The van der Waals surface area contributed by atoms with Gasteiger partial charge in [-0.2, -0.15) is 17.0 Å². The largest absolute Gasteiger partial charge is 0.468 e. The van der Waals surface area contributed by atoms with Crippen LogP contribution in [0.1, 0.15) is 37.0 Å². The minimum Gasteiger partial charge on any atom is -0.468 e. The molecule has 3 heterocycles. The Kier molecular flexibility index (Phi) is 5.65. The molecule has 1 fully saturated rings. The van der Waals surface area contributed by atoms with Crippen LogP contribution in [0, 0.1) is 0 Å². The van der Waals surface area contributed by atoms with E-state index in [1.54, 1.807) is 35.1 Å². The van der Waals surface area contributed by atoms with E-state index >= 15 is 0 Å². The number of hydrogen-bond acceptors (Lipinski definition) is 4. The highest BCUT2D eigenvalue weighted by Crippen LogP contribution is 2.20. The summed E-state index contributed by atoms with van der Waals surface area (Å²) in [5, 5.41) is 0. The van der Waals surface area contributed by atoms with Gasteiger partial charge in [-0.3, -0.25) is 4.98 Å². The Labute approximate surface area is 143 Å². The summed E-state index contributed by atoms with van der Waals surface area (Å²) in [6.07, 6.45) is 8.97. The summed E-state index contributed by atoms with van der Waals surface area (Å²) in [7, 11) is -3.54. The predicted molar refractivity (Wildman–Crippen MR) is 91.2 cm³/mol. The number of hydrogen-bond donors (Lipinski definition) is 0. The summed E-state index contributed by atoms with van der Waals surface area (Å²) in [5.74, 6) is 0.636. The van der Waals surface area contributed by atoms with Crippen LogP contribution < -0.4 is 0 Å². The Morgan fingerprint density at radius 2 is 1.88 bits per heavy atom. The Hall–Kier alpha value is -1.70. The van der Waals surface area contributed by atoms with Gasteiger partial charge in [-0.15, -0.1) is 0 Å². The topological polar surface area (TPSA) is 66.7 Å². The highest BCUT2D eigenvalue weighted by atomic mass is 32.2. The van der Waals surface area contributed by atoms with Gasteiger partial charge in [0.15, 0.2) is 0 Å². The first-order valence-electron chi connectivity index (χ1n) is 8.33. The van der Waals surface area contributed by atoms with Gasteiger partial charge in [-0.1, -0.05) is 18.9 Å². The highest BCUT2D eigenvalue weighted by Gasteiger charge is 2.30. The van der Waals surface area contributed by atoms with Crippen LogP contribution in [0.4, 0.5) is 0 Å². The van der Waals surface area contributed by atoms with Crippen molar-refractivity contribution in [1.29, 1.82) is 0 Å². The molecule has 6 nitrogen and oxygen atoms in total. The van der Waals surface area contributed by atoms with Gasteiger partial charge in [0.2, 0.25) is 0 Å². The van der Waals surface area contributed by atoms with Crippen molar-refractivity contribution in [1.82, 2.24) is 13.6 Å². The Bertz CT molecular complexity index is 709. The maximum atomic E-state index is 13.2. The molecule has 1 aliphatic heterocycles. The van der Waals surface area contributed by atoms with Crippen LogP contribution in [-0.4, -0.2) is 35.1 Å². The Morgan fingerprint density at radius 3 is 2.50 bits per heavy atom. The van der Waals surface area contributed by atoms with Crippen LogP contribution in [-0.2, 0) is 23.3 Å². The third-order valence-electron chi connectivity index (χ3n) is 4.21. The van der Waals surface area contributed by atoms with E-state index in [4.69, 9.17) is 4.42 Å². The summed E-state index contributed by atoms with van der Waals surface area (Å²) < 4.78 is 34.8. The molecule has 0 radical (unpaired) electrons. The number of nitrogens with zero attached hydrogens (tertiary/aromatic N) is 3. The molecule has 0 atom stereocenters. The molecule has 1 aliphatic rings. The molecule has 0 N–H and O–H groups in total. The van der Waals surface area contributed by atoms with Crippen molar-refractivity contribution >= 4 is 10.2 Å². The number of pyridine rings is 1. The molecule has 1 saturated heterocycles. The van der Waals surface area contributed by atoms with Crippen molar-refractivity contribution in [2.75, 3.05) is 13.1 Å². The van der Waals surface area contributed by atoms with Gasteiger partial charge in [0, 0.05) is 32.0 Å². The fraction of sp³-hybridized carbons (Fsp3) is 0.471. The minimum atomic E-state index is -3.54. The summed E-state index contributed by atoms with van der Waals surface area (Å²) in [6, 6.07) is 7.28. The predicted octanol–water partition coefficient (Wildman–Crippen LogP) is 2.80. The molecule has 0 spiro atoms. The zero-order chi connectivity index (χ0) is 16.8. The quantitative estimate of drug-likeness (QED) is 0.804. The van der Waals surface area contributed by atoms with Crippen molar-refractivity contribution in [3.63, 3.8) is 0 Å². The lowest BCUT2D eigenvalue weighted by atomic mass is 10.2. The SMILES string of the molecule is O=S(=O)(N1CCCCCC1)N(Cc1cccnc1)Cc1ccco1. The van der Waals surface area contributed by atoms with Gasteiger partial charge < -0.3 is 4.42 Å². The van der Waals surface area contributed by atoms with E-state index < -0.39 is 10.2 Å². The third-order valence-corrected chi connectivity index (χ3v) is 6.14. The summed E-state index contributed by atoms with van der Waals surface area (Å²) in [6.45, 7) is 1.68.